The summed E-state index contributed by atoms with van der Waals surface area (Å²) in [6, 6.07) is 0. The lowest BCUT2D eigenvalue weighted by molar-refractivity contribution is 0.0876. The number of hydrogen-bond acceptors (Lipinski definition) is 3. The normalized spacial score (nSPS) is 18.9. The molecule has 0 fully saturated rings. The van der Waals surface area contributed by atoms with Crippen LogP contribution in [0.1, 0.15) is 6.92 Å². The SMILES string of the molecule is CSC(O)C(C)O. The summed E-state index contributed by atoms with van der Waals surface area (Å²) < 4.78 is 0. The van der Waals surface area contributed by atoms with Crippen LogP contribution in [0.4, 0.5) is 0 Å². The fraction of sp³-hybridized carbons (Fsp3) is 1.00. The molecular weight excluding hydrogens is 112 g/mol. The van der Waals surface area contributed by atoms with E-state index in [1.807, 2.05) is 0 Å². The number of aliphatic hydroxyl groups is 2. The van der Waals surface area contributed by atoms with Crippen molar-refractivity contribution in [2.24, 2.45) is 0 Å². The summed E-state index contributed by atoms with van der Waals surface area (Å²) in [5.74, 6) is 0. The quantitative estimate of drug-likeness (QED) is 0.508. The molecule has 0 rings (SSSR count). The van der Waals surface area contributed by atoms with Crippen LogP contribution in [0.15, 0.2) is 0 Å². The zero-order valence-electron chi connectivity index (χ0n) is 4.46. The van der Waals surface area contributed by atoms with Crippen LogP contribution in [0.2, 0.25) is 0 Å². The fourth-order valence-electron chi connectivity index (χ4n) is 0.197. The zero-order chi connectivity index (χ0) is 5.86. The molecule has 0 aromatic heterocycles. The maximum absolute atomic E-state index is 8.65. The van der Waals surface area contributed by atoms with Crippen LogP contribution in [0.5, 0.6) is 0 Å². The molecule has 2 N–H and O–H groups in total. The molecule has 0 spiro atoms. The molecule has 0 aromatic rings. The van der Waals surface area contributed by atoms with E-state index in [1.54, 1.807) is 13.2 Å². The molecule has 2 unspecified atom stereocenters. The summed E-state index contributed by atoms with van der Waals surface area (Å²) in [5.41, 5.74) is -0.625. The van der Waals surface area contributed by atoms with Crippen LogP contribution in [-0.2, 0) is 0 Å². The molecule has 0 bridgehead atoms. The van der Waals surface area contributed by atoms with Gasteiger partial charge in [0.15, 0.2) is 0 Å². The molecule has 0 aliphatic rings. The summed E-state index contributed by atoms with van der Waals surface area (Å²) >= 11 is 1.24. The Morgan fingerprint density at radius 1 is 1.43 bits per heavy atom. The summed E-state index contributed by atoms with van der Waals surface area (Å²) in [4.78, 5) is 0. The average Bonchev–Trinajstić information content (AvgIpc) is 1.65. The molecule has 0 heterocycles. The minimum Gasteiger partial charge on any atom is -0.390 e. The average molecular weight is 122 g/mol. The summed E-state index contributed by atoms with van der Waals surface area (Å²) in [6.07, 6.45) is 1.13. The predicted octanol–water partition coefficient (Wildman–Crippen LogP) is 0.0486. The van der Waals surface area contributed by atoms with Gasteiger partial charge in [0.25, 0.3) is 0 Å². The second-order valence-corrected chi connectivity index (χ2v) is 2.32. The van der Waals surface area contributed by atoms with Crippen LogP contribution in [-0.4, -0.2) is 28.0 Å². The molecule has 0 saturated heterocycles. The molecule has 2 atom stereocenters. The van der Waals surface area contributed by atoms with Gasteiger partial charge in [-0.2, -0.15) is 0 Å². The molecule has 7 heavy (non-hydrogen) atoms. The van der Waals surface area contributed by atoms with E-state index in [9.17, 15) is 0 Å². The second kappa shape index (κ2) is 3.29. The maximum atomic E-state index is 8.65. The molecule has 0 radical (unpaired) electrons. The number of thioether (sulfide) groups is 1. The first-order valence-corrected chi connectivity index (χ1v) is 3.36. The molecule has 0 aliphatic carbocycles. The molecular formula is C4H10O2S. The third-order valence-electron chi connectivity index (χ3n) is 0.654. The molecule has 0 aromatic carbocycles. The largest absolute Gasteiger partial charge is 0.390 e. The van der Waals surface area contributed by atoms with Crippen LogP contribution < -0.4 is 0 Å². The Morgan fingerprint density at radius 3 is 1.86 bits per heavy atom. The number of hydrogen-bond donors (Lipinski definition) is 2. The number of aliphatic hydroxyl groups excluding tert-OH is 2. The van der Waals surface area contributed by atoms with E-state index in [2.05, 4.69) is 0 Å². The van der Waals surface area contributed by atoms with Gasteiger partial charge in [-0.25, -0.2) is 0 Å². The highest BCUT2D eigenvalue weighted by atomic mass is 32.2. The van der Waals surface area contributed by atoms with Crippen molar-refractivity contribution in [2.75, 3.05) is 6.26 Å². The summed E-state index contributed by atoms with van der Waals surface area (Å²) in [6.45, 7) is 1.56. The molecule has 44 valence electrons. The lowest BCUT2D eigenvalue weighted by Gasteiger charge is -2.08. The van der Waals surface area contributed by atoms with E-state index < -0.39 is 11.5 Å². The van der Waals surface area contributed by atoms with E-state index in [0.29, 0.717) is 0 Å². The van der Waals surface area contributed by atoms with Crippen molar-refractivity contribution in [3.05, 3.63) is 0 Å². The van der Waals surface area contributed by atoms with Crippen molar-refractivity contribution in [3.8, 4) is 0 Å². The van der Waals surface area contributed by atoms with E-state index >= 15 is 0 Å². The Balaban J connectivity index is 3.14. The van der Waals surface area contributed by atoms with Crippen molar-refractivity contribution in [1.29, 1.82) is 0 Å². The van der Waals surface area contributed by atoms with Gasteiger partial charge in [0.05, 0.1) is 6.10 Å². The van der Waals surface area contributed by atoms with Crippen molar-refractivity contribution in [2.45, 2.75) is 18.5 Å². The Bertz CT molecular complexity index is 47.0. The van der Waals surface area contributed by atoms with Gasteiger partial charge in [0.2, 0.25) is 0 Å². The van der Waals surface area contributed by atoms with Crippen LogP contribution >= 0.6 is 11.8 Å². The summed E-state index contributed by atoms with van der Waals surface area (Å²) in [7, 11) is 0. The van der Waals surface area contributed by atoms with Crippen molar-refractivity contribution in [1.82, 2.24) is 0 Å². The van der Waals surface area contributed by atoms with E-state index in [1.165, 1.54) is 11.8 Å². The van der Waals surface area contributed by atoms with Crippen molar-refractivity contribution in [3.63, 3.8) is 0 Å². The van der Waals surface area contributed by atoms with Crippen LogP contribution in [0, 0.1) is 0 Å². The molecule has 0 amide bonds. The van der Waals surface area contributed by atoms with Gasteiger partial charge in [-0.05, 0) is 13.2 Å². The zero-order valence-corrected chi connectivity index (χ0v) is 5.27. The van der Waals surface area contributed by atoms with Gasteiger partial charge in [0, 0.05) is 0 Å². The Kier molecular flexibility index (Phi) is 3.42. The topological polar surface area (TPSA) is 40.5 Å². The minimum absolute atomic E-state index is 0.616. The van der Waals surface area contributed by atoms with Crippen molar-refractivity contribution >= 4 is 11.8 Å². The third kappa shape index (κ3) is 2.91. The van der Waals surface area contributed by atoms with Gasteiger partial charge in [-0.15, -0.1) is 11.8 Å². The molecule has 0 saturated carbocycles. The van der Waals surface area contributed by atoms with Gasteiger partial charge in [-0.1, -0.05) is 0 Å². The third-order valence-corrected chi connectivity index (χ3v) is 1.53. The lowest BCUT2D eigenvalue weighted by Crippen LogP contribution is -2.17. The van der Waals surface area contributed by atoms with Crippen LogP contribution in [0.25, 0.3) is 0 Å². The minimum atomic E-state index is -0.625. The maximum Gasteiger partial charge on any atom is 0.125 e. The Morgan fingerprint density at radius 2 is 1.86 bits per heavy atom. The van der Waals surface area contributed by atoms with Gasteiger partial charge >= 0.3 is 0 Å². The first kappa shape index (κ1) is 7.27. The standard InChI is InChI=1S/C4H10O2S/c1-3(5)4(6)7-2/h3-6H,1-2H3. The smallest absolute Gasteiger partial charge is 0.125 e. The first-order valence-electron chi connectivity index (χ1n) is 2.07. The monoisotopic (exact) mass is 122 g/mol. The lowest BCUT2D eigenvalue weighted by atomic mass is 10.4. The van der Waals surface area contributed by atoms with E-state index in [0.717, 1.165) is 0 Å². The van der Waals surface area contributed by atoms with Gasteiger partial charge in [0.1, 0.15) is 5.44 Å². The Hall–Kier alpha value is 0.270. The fourth-order valence-corrected chi connectivity index (χ4v) is 0.591. The molecule has 2 nitrogen and oxygen atoms in total. The number of rotatable bonds is 2. The highest BCUT2D eigenvalue weighted by molar-refractivity contribution is 7.99. The van der Waals surface area contributed by atoms with Crippen molar-refractivity contribution < 1.29 is 10.2 Å². The second-order valence-electron chi connectivity index (χ2n) is 1.37. The molecule has 0 aliphatic heterocycles. The predicted molar refractivity (Wildman–Crippen MR) is 31.2 cm³/mol. The first-order chi connectivity index (χ1) is 3.18. The van der Waals surface area contributed by atoms with E-state index in [-0.39, 0.29) is 0 Å². The van der Waals surface area contributed by atoms with E-state index in [4.69, 9.17) is 10.2 Å². The Labute approximate surface area is 47.5 Å². The van der Waals surface area contributed by atoms with Crippen LogP contribution in [0.3, 0.4) is 0 Å². The highest BCUT2D eigenvalue weighted by Gasteiger charge is 2.05. The van der Waals surface area contributed by atoms with Gasteiger partial charge in [-0.3, -0.25) is 0 Å². The molecule has 3 heteroatoms. The highest BCUT2D eigenvalue weighted by Crippen LogP contribution is 2.05. The summed E-state index contributed by atoms with van der Waals surface area (Å²) in [5, 5.41) is 17.2. The van der Waals surface area contributed by atoms with Gasteiger partial charge < -0.3 is 10.2 Å².